The molecule has 0 unspecified atom stereocenters. The first-order chi connectivity index (χ1) is 17.1. The summed E-state index contributed by atoms with van der Waals surface area (Å²) in [5.41, 5.74) is -0.321. The molecule has 36 heavy (non-hydrogen) atoms. The molecule has 0 bridgehead atoms. The van der Waals surface area contributed by atoms with Crippen molar-refractivity contribution in [2.24, 2.45) is 11.8 Å². The van der Waals surface area contributed by atoms with Gasteiger partial charge in [0.05, 0.1) is 27.7 Å². The molecule has 0 N–H and O–H groups in total. The molecule has 5 nitrogen and oxygen atoms in total. The van der Waals surface area contributed by atoms with E-state index in [0.29, 0.717) is 5.02 Å². The molecule has 0 spiro atoms. The third kappa shape index (κ3) is 4.01. The van der Waals surface area contributed by atoms with E-state index in [4.69, 9.17) is 16.3 Å². The normalized spacial score (nSPS) is 23.9. The van der Waals surface area contributed by atoms with Crippen LogP contribution in [-0.4, -0.2) is 29.2 Å². The van der Waals surface area contributed by atoms with Crippen molar-refractivity contribution in [3.05, 3.63) is 89.0 Å². The topological polar surface area (TPSA) is 77.5 Å². The lowest BCUT2D eigenvalue weighted by atomic mass is 9.69. The first-order valence-electron chi connectivity index (χ1n) is 11.5. The first kappa shape index (κ1) is 25.2. The van der Waals surface area contributed by atoms with Crippen LogP contribution in [0.5, 0.6) is 5.75 Å². The van der Waals surface area contributed by atoms with Gasteiger partial charge in [-0.25, -0.2) is 25.6 Å². The van der Waals surface area contributed by atoms with E-state index in [-0.39, 0.29) is 52.9 Å². The third-order valence-electron chi connectivity index (χ3n) is 7.27. The fourth-order valence-corrected chi connectivity index (χ4v) is 9.79. The zero-order valence-corrected chi connectivity index (χ0v) is 21.4. The van der Waals surface area contributed by atoms with Gasteiger partial charge in [0.1, 0.15) is 10.6 Å². The van der Waals surface area contributed by atoms with Crippen molar-refractivity contribution in [1.29, 1.82) is 0 Å². The van der Waals surface area contributed by atoms with E-state index < -0.39 is 47.7 Å². The number of sulfone groups is 2. The quantitative estimate of drug-likeness (QED) is 0.413. The number of benzene rings is 3. The van der Waals surface area contributed by atoms with Gasteiger partial charge in [-0.2, -0.15) is 0 Å². The predicted octanol–water partition coefficient (Wildman–Crippen LogP) is 5.57. The summed E-state index contributed by atoms with van der Waals surface area (Å²) in [6.45, 7) is -0.178. The number of fused-ring (bicyclic) bond motifs is 3. The van der Waals surface area contributed by atoms with E-state index in [1.807, 2.05) is 0 Å². The van der Waals surface area contributed by atoms with E-state index >= 15 is 4.39 Å². The minimum atomic E-state index is -4.27. The summed E-state index contributed by atoms with van der Waals surface area (Å²) in [5.74, 6) is -3.46. The molecule has 0 aromatic heterocycles. The Bertz CT molecular complexity index is 1510. The Hall–Kier alpha value is -2.49. The maximum Gasteiger partial charge on any atom is 0.188 e. The molecule has 10 heteroatoms. The molecule has 0 saturated heterocycles. The Balaban J connectivity index is 1.59. The van der Waals surface area contributed by atoms with E-state index in [9.17, 15) is 21.2 Å². The van der Waals surface area contributed by atoms with Crippen LogP contribution >= 0.6 is 11.6 Å². The number of ether oxygens (including phenoxy) is 1. The summed E-state index contributed by atoms with van der Waals surface area (Å²) in [7, 11) is -7.89. The number of hydrogen-bond donors (Lipinski definition) is 0. The van der Waals surface area contributed by atoms with Crippen molar-refractivity contribution >= 4 is 31.3 Å². The summed E-state index contributed by atoms with van der Waals surface area (Å²) in [5, 5.41) is 0.336. The molecule has 1 fully saturated rings. The number of hydrogen-bond acceptors (Lipinski definition) is 5. The first-order valence-corrected chi connectivity index (χ1v) is 15.0. The third-order valence-corrected chi connectivity index (χ3v) is 12.0. The molecule has 1 saturated carbocycles. The molecular formula is C26H23ClF2O5S2. The molecule has 3 aromatic rings. The Morgan fingerprint density at radius 1 is 0.889 bits per heavy atom. The van der Waals surface area contributed by atoms with Gasteiger partial charge in [0, 0.05) is 10.9 Å². The van der Waals surface area contributed by atoms with Gasteiger partial charge in [-0.15, -0.1) is 0 Å². The molecule has 190 valence electrons. The summed E-state index contributed by atoms with van der Waals surface area (Å²) in [6, 6.07) is 15.4. The van der Waals surface area contributed by atoms with Crippen LogP contribution in [0.3, 0.4) is 0 Å². The standard InChI is InChI=1S/C26H23ClF2O5S2/c27-19-6-8-21(9-7-19)36(32,33)26-13-12-17(16-35(30,31)20-4-2-1-3-5-20)14-18(26)15-34-25-23(29)11-10-22(28)24(25)26/h1-11,17-18H,12-16H2/t17-,18-,26+/m1/s1. The van der Waals surface area contributed by atoms with E-state index in [1.165, 1.54) is 36.4 Å². The van der Waals surface area contributed by atoms with Crippen molar-refractivity contribution in [1.82, 2.24) is 0 Å². The van der Waals surface area contributed by atoms with E-state index in [0.717, 1.165) is 12.1 Å². The van der Waals surface area contributed by atoms with Crippen LogP contribution in [0.4, 0.5) is 8.78 Å². The van der Waals surface area contributed by atoms with Crippen LogP contribution in [0, 0.1) is 23.5 Å². The zero-order chi connectivity index (χ0) is 25.7. The van der Waals surface area contributed by atoms with E-state index in [2.05, 4.69) is 0 Å². The van der Waals surface area contributed by atoms with E-state index in [1.54, 1.807) is 18.2 Å². The van der Waals surface area contributed by atoms with Crippen molar-refractivity contribution < 1.29 is 30.4 Å². The molecule has 5 rings (SSSR count). The summed E-state index contributed by atoms with van der Waals surface area (Å²) < 4.78 is 88.3. The van der Waals surface area contributed by atoms with Crippen LogP contribution < -0.4 is 4.74 Å². The van der Waals surface area contributed by atoms with Crippen LogP contribution in [0.25, 0.3) is 0 Å². The van der Waals surface area contributed by atoms with Crippen molar-refractivity contribution in [3.8, 4) is 5.75 Å². The fourth-order valence-electron chi connectivity index (χ4n) is 5.62. The smallest absolute Gasteiger partial charge is 0.188 e. The lowest BCUT2D eigenvalue weighted by Gasteiger charge is -2.49. The van der Waals surface area contributed by atoms with Gasteiger partial charge < -0.3 is 4.74 Å². The predicted molar refractivity (Wildman–Crippen MR) is 131 cm³/mol. The summed E-state index contributed by atoms with van der Waals surface area (Å²) in [6.07, 6.45) is 0.285. The maximum atomic E-state index is 15.3. The fraction of sp³-hybridized carbons (Fsp3) is 0.308. The number of halogens is 3. The Kier molecular flexibility index (Phi) is 6.37. The van der Waals surface area contributed by atoms with Crippen LogP contribution in [0.15, 0.2) is 76.5 Å². The highest BCUT2D eigenvalue weighted by atomic mass is 35.5. The van der Waals surface area contributed by atoms with Crippen LogP contribution in [0.1, 0.15) is 24.8 Å². The highest BCUT2D eigenvalue weighted by Crippen LogP contribution is 2.57. The van der Waals surface area contributed by atoms with Crippen molar-refractivity contribution in [2.45, 2.75) is 33.8 Å². The molecule has 3 atom stereocenters. The molecule has 1 heterocycles. The molecule has 1 aliphatic heterocycles. The second-order valence-corrected chi connectivity index (χ2v) is 14.0. The Labute approximate surface area is 213 Å². The maximum absolute atomic E-state index is 15.3. The van der Waals surface area contributed by atoms with Crippen molar-refractivity contribution in [2.75, 3.05) is 12.4 Å². The zero-order valence-electron chi connectivity index (χ0n) is 19.0. The second-order valence-electron chi connectivity index (χ2n) is 9.32. The second kappa shape index (κ2) is 9.11. The van der Waals surface area contributed by atoms with Gasteiger partial charge in [0.15, 0.2) is 31.2 Å². The SMILES string of the molecule is O=S(=O)(C[C@@H]1CC[C@@]2(S(=O)(=O)c3ccc(Cl)cc3)c3c(F)ccc(F)c3OC[C@H]2C1)c1ccccc1. The Morgan fingerprint density at radius 2 is 1.56 bits per heavy atom. The Morgan fingerprint density at radius 3 is 2.25 bits per heavy atom. The average molecular weight is 553 g/mol. The molecular weight excluding hydrogens is 530 g/mol. The van der Waals surface area contributed by atoms with Crippen LogP contribution in [-0.2, 0) is 24.4 Å². The van der Waals surface area contributed by atoms with Crippen LogP contribution in [0.2, 0.25) is 5.02 Å². The minimum absolute atomic E-state index is 0.0660. The lowest BCUT2D eigenvalue weighted by molar-refractivity contribution is 0.103. The van der Waals surface area contributed by atoms with Gasteiger partial charge in [-0.1, -0.05) is 29.8 Å². The van der Waals surface area contributed by atoms with Gasteiger partial charge in [0.25, 0.3) is 0 Å². The van der Waals surface area contributed by atoms with Gasteiger partial charge in [-0.3, -0.25) is 0 Å². The van der Waals surface area contributed by atoms with Crippen molar-refractivity contribution in [3.63, 3.8) is 0 Å². The molecule has 1 aliphatic carbocycles. The molecule has 2 aliphatic rings. The molecule has 3 aromatic carbocycles. The lowest BCUT2D eigenvalue weighted by Crippen LogP contribution is -2.52. The summed E-state index contributed by atoms with van der Waals surface area (Å²) >= 11 is 5.96. The highest BCUT2D eigenvalue weighted by Gasteiger charge is 2.59. The average Bonchev–Trinajstić information content (AvgIpc) is 2.86. The minimum Gasteiger partial charge on any atom is -0.490 e. The van der Waals surface area contributed by atoms with Gasteiger partial charge >= 0.3 is 0 Å². The molecule has 0 radical (unpaired) electrons. The number of rotatable bonds is 5. The summed E-state index contributed by atoms with van der Waals surface area (Å²) in [4.78, 5) is 0.123. The highest BCUT2D eigenvalue weighted by molar-refractivity contribution is 7.92. The monoisotopic (exact) mass is 552 g/mol. The van der Waals surface area contributed by atoms with Gasteiger partial charge in [-0.05, 0) is 73.7 Å². The molecule has 0 amide bonds. The van der Waals surface area contributed by atoms with Gasteiger partial charge in [0.2, 0.25) is 0 Å². The largest absolute Gasteiger partial charge is 0.490 e.